The molecule has 7 heterocycles. The van der Waals surface area contributed by atoms with E-state index in [9.17, 15) is 16.8 Å². The van der Waals surface area contributed by atoms with Crippen molar-refractivity contribution < 1.29 is 16.8 Å². The molecule has 51 heavy (non-hydrogen) atoms. The van der Waals surface area contributed by atoms with Crippen LogP contribution in [0.3, 0.4) is 0 Å². The van der Waals surface area contributed by atoms with Crippen molar-refractivity contribution in [3.8, 4) is 33.9 Å². The highest BCUT2D eigenvalue weighted by molar-refractivity contribution is 7.91. The Bertz CT molecular complexity index is 2540. The van der Waals surface area contributed by atoms with Crippen LogP contribution in [0.25, 0.3) is 45.1 Å². The summed E-state index contributed by atoms with van der Waals surface area (Å²) in [5.41, 5.74) is 18.2. The SMILES string of the molecule is CC(c1ccc(-n2cc(-c3ccnc(N)c3N)cn2)nc1)S(C)(=O)=O.CC(c1ccc(-n2cc(-c3ccnc4nc[nH]c34)cn2)nc1)S(C)(=O)=O. The predicted molar refractivity (Wildman–Crippen MR) is 194 cm³/mol. The molecule has 5 N–H and O–H groups in total. The summed E-state index contributed by atoms with van der Waals surface area (Å²) in [6.45, 7) is 3.28. The van der Waals surface area contributed by atoms with Crippen LogP contribution in [0.15, 0.2) is 92.3 Å². The third kappa shape index (κ3) is 7.46. The van der Waals surface area contributed by atoms with Gasteiger partial charge in [-0.1, -0.05) is 12.1 Å². The van der Waals surface area contributed by atoms with E-state index in [0.717, 1.165) is 27.8 Å². The summed E-state index contributed by atoms with van der Waals surface area (Å²) < 4.78 is 49.8. The van der Waals surface area contributed by atoms with E-state index in [1.807, 2.05) is 12.3 Å². The van der Waals surface area contributed by atoms with Gasteiger partial charge in [0.05, 0.1) is 40.4 Å². The molecule has 0 aliphatic rings. The van der Waals surface area contributed by atoms with Crippen molar-refractivity contribution in [3.63, 3.8) is 0 Å². The monoisotopic (exact) mass is 726 g/mol. The van der Waals surface area contributed by atoms with Crippen LogP contribution in [0, 0.1) is 0 Å². The molecule has 2 atom stereocenters. The van der Waals surface area contributed by atoms with Gasteiger partial charge in [-0.05, 0) is 49.2 Å². The van der Waals surface area contributed by atoms with Gasteiger partial charge in [0, 0.05) is 71.9 Å². The maximum atomic E-state index is 11.7. The third-order valence-corrected chi connectivity index (χ3v) is 11.5. The zero-order valence-electron chi connectivity index (χ0n) is 27.9. The van der Waals surface area contributed by atoms with E-state index in [2.05, 4.69) is 40.1 Å². The standard InChI is InChI=1S/C17H16N6O2S.C16H18N6O2S/c1-11(26(2,24)25)12-3-4-15(19-7-12)23-9-13(8-22-23)14-5-6-18-17-16(14)20-10-21-17;1-10(25(2,23)24)11-3-4-14(20-7-11)22-9-12(8-21-22)13-5-6-19-16(18)15(13)17/h3-11H,1-2H3,(H,18,20,21);3-10H,17H2,1-2H3,(H2,18,19). The number of anilines is 2. The maximum absolute atomic E-state index is 11.7. The minimum absolute atomic E-state index is 0.266. The van der Waals surface area contributed by atoms with Gasteiger partial charge < -0.3 is 16.5 Å². The molecule has 262 valence electrons. The first-order valence-electron chi connectivity index (χ1n) is 15.4. The van der Waals surface area contributed by atoms with E-state index in [-0.39, 0.29) is 5.82 Å². The first-order valence-corrected chi connectivity index (χ1v) is 19.3. The molecule has 0 aliphatic heterocycles. The molecule has 7 rings (SSSR count). The summed E-state index contributed by atoms with van der Waals surface area (Å²) in [5, 5.41) is 7.43. The number of aromatic nitrogens is 10. The summed E-state index contributed by atoms with van der Waals surface area (Å²) in [4.78, 5) is 24.0. The molecule has 0 bridgehead atoms. The number of imidazole rings is 1. The van der Waals surface area contributed by atoms with E-state index in [4.69, 9.17) is 11.5 Å². The van der Waals surface area contributed by atoms with Crippen molar-refractivity contribution >= 4 is 42.3 Å². The average molecular weight is 727 g/mol. The van der Waals surface area contributed by atoms with Crippen LogP contribution in [-0.2, 0) is 19.7 Å². The van der Waals surface area contributed by atoms with Crippen molar-refractivity contribution in [2.24, 2.45) is 0 Å². The van der Waals surface area contributed by atoms with Crippen molar-refractivity contribution in [1.29, 1.82) is 0 Å². The van der Waals surface area contributed by atoms with Crippen molar-refractivity contribution in [2.45, 2.75) is 24.3 Å². The number of nitrogens with one attached hydrogen (secondary N) is 1. The molecule has 0 saturated heterocycles. The van der Waals surface area contributed by atoms with Crippen molar-refractivity contribution in [1.82, 2.24) is 49.5 Å². The normalized spacial score (nSPS) is 13.0. The van der Waals surface area contributed by atoms with Gasteiger partial charge in [-0.3, -0.25) is 0 Å². The number of nitrogen functional groups attached to an aromatic ring is 2. The highest BCUT2D eigenvalue weighted by Gasteiger charge is 2.19. The Morgan fingerprint density at radius 1 is 0.647 bits per heavy atom. The van der Waals surface area contributed by atoms with Gasteiger partial charge in [0.1, 0.15) is 5.82 Å². The maximum Gasteiger partial charge on any atom is 0.178 e. The Balaban J connectivity index is 0.000000176. The molecule has 0 radical (unpaired) electrons. The van der Waals surface area contributed by atoms with Crippen LogP contribution in [0.1, 0.15) is 35.5 Å². The Morgan fingerprint density at radius 2 is 1.16 bits per heavy atom. The van der Waals surface area contributed by atoms with Gasteiger partial charge in [0.15, 0.2) is 37.0 Å². The van der Waals surface area contributed by atoms with Gasteiger partial charge in [-0.25, -0.2) is 51.1 Å². The molecule has 0 spiro atoms. The van der Waals surface area contributed by atoms with Crippen LogP contribution in [0.5, 0.6) is 0 Å². The second kappa shape index (κ2) is 13.7. The highest BCUT2D eigenvalue weighted by atomic mass is 32.2. The van der Waals surface area contributed by atoms with Gasteiger partial charge >= 0.3 is 0 Å². The van der Waals surface area contributed by atoms with Crippen molar-refractivity contribution in [3.05, 3.63) is 103 Å². The number of sulfone groups is 2. The van der Waals surface area contributed by atoms with Gasteiger partial charge in [-0.15, -0.1) is 0 Å². The summed E-state index contributed by atoms with van der Waals surface area (Å²) in [7, 11) is -6.33. The number of fused-ring (bicyclic) bond motifs is 1. The fourth-order valence-electron chi connectivity index (χ4n) is 5.05. The zero-order chi connectivity index (χ0) is 36.5. The highest BCUT2D eigenvalue weighted by Crippen LogP contribution is 2.29. The number of pyridine rings is 4. The lowest BCUT2D eigenvalue weighted by Crippen LogP contribution is -2.08. The van der Waals surface area contributed by atoms with Gasteiger partial charge in [0.2, 0.25) is 0 Å². The van der Waals surface area contributed by atoms with Gasteiger partial charge in [-0.2, -0.15) is 10.2 Å². The topological polar surface area (TPSA) is 236 Å². The Labute approximate surface area is 293 Å². The number of hydrogen-bond acceptors (Lipinski definition) is 13. The molecule has 0 amide bonds. The van der Waals surface area contributed by atoms with E-state index in [0.29, 0.717) is 34.1 Å². The number of nitrogens with zero attached hydrogens (tertiary/aromatic N) is 9. The molecule has 0 fully saturated rings. The number of rotatable bonds is 8. The molecule has 2 unspecified atom stereocenters. The van der Waals surface area contributed by atoms with Crippen molar-refractivity contribution in [2.75, 3.05) is 24.0 Å². The smallest absolute Gasteiger partial charge is 0.178 e. The summed E-state index contributed by atoms with van der Waals surface area (Å²) in [6.07, 6.45) is 17.5. The Morgan fingerprint density at radius 3 is 1.67 bits per heavy atom. The Hall–Kier alpha value is -6.01. The molecule has 16 nitrogen and oxygen atoms in total. The van der Waals surface area contributed by atoms with Crippen LogP contribution in [0.4, 0.5) is 11.5 Å². The minimum Gasteiger partial charge on any atom is -0.395 e. The molecule has 0 aliphatic carbocycles. The molecule has 7 aromatic rings. The zero-order valence-corrected chi connectivity index (χ0v) is 29.6. The molecular weight excluding hydrogens is 693 g/mol. The lowest BCUT2D eigenvalue weighted by Gasteiger charge is -2.09. The van der Waals surface area contributed by atoms with Gasteiger partial charge in [0.25, 0.3) is 0 Å². The molecular formula is C33H34N12O4S2. The molecule has 7 aromatic heterocycles. The fraction of sp³-hybridized carbons (Fsp3) is 0.182. The Kier molecular flexibility index (Phi) is 9.37. The van der Waals surface area contributed by atoms with E-state index in [1.165, 1.54) is 12.5 Å². The average Bonchev–Trinajstić information content (AvgIpc) is 3.90. The lowest BCUT2D eigenvalue weighted by molar-refractivity contribution is 0.590. The minimum atomic E-state index is -3.17. The van der Waals surface area contributed by atoms with Crippen LogP contribution < -0.4 is 11.5 Å². The fourth-order valence-corrected chi connectivity index (χ4v) is 6.31. The summed E-state index contributed by atoms with van der Waals surface area (Å²) >= 11 is 0. The third-order valence-electron chi connectivity index (χ3n) is 8.37. The van der Waals surface area contributed by atoms with Crippen LogP contribution >= 0.6 is 0 Å². The molecule has 0 saturated carbocycles. The van der Waals surface area contributed by atoms with Crippen LogP contribution in [0.2, 0.25) is 0 Å². The van der Waals surface area contributed by atoms with E-state index >= 15 is 0 Å². The number of hydrogen-bond donors (Lipinski definition) is 3. The summed E-state index contributed by atoms with van der Waals surface area (Å²) in [6, 6.07) is 10.6. The number of H-pyrrole nitrogens is 1. The van der Waals surface area contributed by atoms with Crippen LogP contribution in [-0.4, -0.2) is 78.8 Å². The second-order valence-electron chi connectivity index (χ2n) is 11.8. The van der Waals surface area contributed by atoms with E-state index < -0.39 is 30.2 Å². The number of nitrogens with two attached hydrogens (primary N) is 2. The quantitative estimate of drug-likeness (QED) is 0.202. The largest absolute Gasteiger partial charge is 0.395 e. The lowest BCUT2D eigenvalue weighted by atomic mass is 10.1. The number of aromatic amines is 1. The molecule has 0 aromatic carbocycles. The first kappa shape index (κ1) is 34.8. The first-order chi connectivity index (χ1) is 24.2. The second-order valence-corrected chi connectivity index (χ2v) is 16.5. The van der Waals surface area contributed by atoms with E-state index in [1.54, 1.807) is 103 Å². The predicted octanol–water partition coefficient (Wildman–Crippen LogP) is 3.91. The summed E-state index contributed by atoms with van der Waals surface area (Å²) in [5.74, 6) is 1.44. The molecule has 18 heteroatoms.